The highest BCUT2D eigenvalue weighted by molar-refractivity contribution is 7.89. The van der Waals surface area contributed by atoms with Crippen LogP contribution in [0.5, 0.6) is 0 Å². The van der Waals surface area contributed by atoms with E-state index >= 15 is 0 Å². The summed E-state index contributed by atoms with van der Waals surface area (Å²) in [4.78, 5) is 0.478. The first-order chi connectivity index (χ1) is 13.2. The molecule has 1 atom stereocenters. The highest BCUT2D eigenvalue weighted by Crippen LogP contribution is 2.48. The average molecular weight is 448 g/mol. The summed E-state index contributed by atoms with van der Waals surface area (Å²) in [5, 5.41) is 0.977. The topological polar surface area (TPSA) is 46.6 Å². The molecule has 0 bridgehead atoms. The quantitative estimate of drug-likeness (QED) is 0.605. The standard InChI is InChI=1S/C22H33NO3SSi2/c1-22(2,17-13-10-9-11-14-17)23-21(26-29(6,7)8)18-15-12-16-19(28(3,4)5)20(18)27(23,24)25/h9-16,21H,1-8H3. The molecule has 0 spiro atoms. The normalized spacial score (nSPS) is 19.9. The Morgan fingerprint density at radius 2 is 1.48 bits per heavy atom. The van der Waals surface area contributed by atoms with Crippen LogP contribution in [0.15, 0.2) is 53.4 Å². The SMILES string of the molecule is CC(C)(c1ccccc1)N1C(O[Si](C)(C)C)c2cccc([Si](C)(C)C)c2S1(=O)=O. The third-order valence-electron chi connectivity index (χ3n) is 5.35. The van der Waals surface area contributed by atoms with Crippen molar-refractivity contribution in [1.29, 1.82) is 0 Å². The summed E-state index contributed by atoms with van der Waals surface area (Å²) < 4.78 is 36.3. The Kier molecular flexibility index (Phi) is 5.54. The molecule has 2 aromatic rings. The van der Waals surface area contributed by atoms with Gasteiger partial charge >= 0.3 is 0 Å². The van der Waals surface area contributed by atoms with Crippen LogP contribution in [0.2, 0.25) is 39.3 Å². The molecule has 158 valence electrons. The van der Waals surface area contributed by atoms with E-state index in [9.17, 15) is 8.42 Å². The summed E-state index contributed by atoms with van der Waals surface area (Å²) in [6.07, 6.45) is -0.604. The van der Waals surface area contributed by atoms with Crippen molar-refractivity contribution in [3.05, 3.63) is 59.7 Å². The van der Waals surface area contributed by atoms with E-state index in [-0.39, 0.29) is 0 Å². The summed E-state index contributed by atoms with van der Waals surface area (Å²) in [6, 6.07) is 15.7. The smallest absolute Gasteiger partial charge is 0.246 e. The van der Waals surface area contributed by atoms with Crippen LogP contribution in [0, 0.1) is 0 Å². The Balaban J connectivity index is 2.30. The van der Waals surface area contributed by atoms with Gasteiger partial charge in [0.2, 0.25) is 10.0 Å². The van der Waals surface area contributed by atoms with E-state index in [0.717, 1.165) is 16.3 Å². The van der Waals surface area contributed by atoms with Crippen molar-refractivity contribution in [3.63, 3.8) is 0 Å². The van der Waals surface area contributed by atoms with Gasteiger partial charge in [0.15, 0.2) is 8.32 Å². The van der Waals surface area contributed by atoms with E-state index in [0.29, 0.717) is 4.90 Å². The van der Waals surface area contributed by atoms with Crippen LogP contribution in [0.4, 0.5) is 0 Å². The van der Waals surface area contributed by atoms with Crippen molar-refractivity contribution in [3.8, 4) is 0 Å². The zero-order valence-electron chi connectivity index (χ0n) is 18.8. The van der Waals surface area contributed by atoms with Crippen molar-refractivity contribution in [1.82, 2.24) is 4.31 Å². The Morgan fingerprint density at radius 1 is 0.897 bits per heavy atom. The molecule has 1 aliphatic rings. The minimum atomic E-state index is -3.72. The second-order valence-corrected chi connectivity index (χ2v) is 21.5. The van der Waals surface area contributed by atoms with Gasteiger partial charge in [-0.15, -0.1) is 0 Å². The number of rotatable bonds is 5. The number of hydrogen-bond acceptors (Lipinski definition) is 3. The fourth-order valence-electron chi connectivity index (χ4n) is 3.99. The summed E-state index contributed by atoms with van der Waals surface area (Å²) in [5.41, 5.74) is 0.992. The van der Waals surface area contributed by atoms with Gasteiger partial charge in [-0.05, 0) is 44.2 Å². The molecule has 1 aliphatic heterocycles. The Hall–Kier alpha value is -1.26. The van der Waals surface area contributed by atoms with Crippen molar-refractivity contribution >= 4 is 31.6 Å². The first-order valence-electron chi connectivity index (χ1n) is 10.1. The van der Waals surface area contributed by atoms with Crippen LogP contribution in [0.3, 0.4) is 0 Å². The average Bonchev–Trinajstić information content (AvgIpc) is 2.81. The second-order valence-electron chi connectivity index (χ2n) is 10.3. The van der Waals surface area contributed by atoms with Gasteiger partial charge in [0.25, 0.3) is 0 Å². The number of hydrogen-bond donors (Lipinski definition) is 0. The van der Waals surface area contributed by atoms with Crippen LogP contribution >= 0.6 is 0 Å². The maximum Gasteiger partial charge on any atom is 0.246 e. The maximum absolute atomic E-state index is 14.1. The third kappa shape index (κ3) is 4.03. The highest BCUT2D eigenvalue weighted by atomic mass is 32.2. The van der Waals surface area contributed by atoms with Crippen LogP contribution < -0.4 is 5.19 Å². The largest absolute Gasteiger partial charge is 0.398 e. The predicted molar refractivity (Wildman–Crippen MR) is 125 cm³/mol. The molecular formula is C22H33NO3SSi2. The monoisotopic (exact) mass is 447 g/mol. The van der Waals surface area contributed by atoms with Gasteiger partial charge in [-0.25, -0.2) is 8.42 Å². The lowest BCUT2D eigenvalue weighted by atomic mass is 9.93. The molecule has 0 aromatic heterocycles. The second kappa shape index (κ2) is 7.16. The highest BCUT2D eigenvalue weighted by Gasteiger charge is 2.53. The van der Waals surface area contributed by atoms with Gasteiger partial charge in [-0.2, -0.15) is 4.31 Å². The summed E-state index contributed by atoms with van der Waals surface area (Å²) in [6.45, 7) is 16.8. The molecule has 1 heterocycles. The van der Waals surface area contributed by atoms with Crippen molar-refractivity contribution in [2.24, 2.45) is 0 Å². The summed E-state index contributed by atoms with van der Waals surface area (Å²) in [7, 11) is -7.64. The number of benzene rings is 2. The van der Waals surface area contributed by atoms with Crippen molar-refractivity contribution in [2.75, 3.05) is 0 Å². The van der Waals surface area contributed by atoms with Crippen LogP contribution in [-0.2, 0) is 20.0 Å². The zero-order chi connectivity index (χ0) is 21.8. The zero-order valence-corrected chi connectivity index (χ0v) is 21.6. The van der Waals surface area contributed by atoms with Crippen molar-refractivity contribution < 1.29 is 12.8 Å². The molecule has 2 aromatic carbocycles. The van der Waals surface area contributed by atoms with E-state index in [1.807, 2.05) is 62.4 Å². The molecule has 4 nitrogen and oxygen atoms in total. The number of fused-ring (bicyclic) bond motifs is 1. The number of nitrogens with zero attached hydrogens (tertiary/aromatic N) is 1. The number of sulfonamides is 1. The van der Waals surface area contributed by atoms with Gasteiger partial charge < -0.3 is 4.43 Å². The minimum absolute atomic E-state index is 0.478. The minimum Gasteiger partial charge on any atom is -0.398 e. The van der Waals surface area contributed by atoms with Crippen LogP contribution in [0.1, 0.15) is 31.2 Å². The van der Waals surface area contributed by atoms with Crippen LogP contribution in [0.25, 0.3) is 0 Å². The molecule has 0 fully saturated rings. The van der Waals surface area contributed by atoms with E-state index in [2.05, 4.69) is 39.3 Å². The molecule has 0 saturated carbocycles. The van der Waals surface area contributed by atoms with E-state index in [4.69, 9.17) is 4.43 Å². The Morgan fingerprint density at radius 3 is 2.00 bits per heavy atom. The third-order valence-corrected chi connectivity index (χ3v) is 10.6. The first-order valence-corrected chi connectivity index (χ1v) is 18.4. The molecule has 0 N–H and O–H groups in total. The van der Waals surface area contributed by atoms with Gasteiger partial charge in [0.05, 0.1) is 18.5 Å². The van der Waals surface area contributed by atoms with Crippen molar-refractivity contribution in [2.45, 2.75) is 69.8 Å². The van der Waals surface area contributed by atoms with E-state index in [1.54, 1.807) is 4.31 Å². The lowest BCUT2D eigenvalue weighted by Gasteiger charge is -2.40. The van der Waals surface area contributed by atoms with Gasteiger partial charge in [-0.3, -0.25) is 0 Å². The lowest BCUT2D eigenvalue weighted by Crippen LogP contribution is -2.48. The van der Waals surface area contributed by atoms with Gasteiger partial charge in [0, 0.05) is 5.56 Å². The van der Waals surface area contributed by atoms with E-state index < -0.39 is 38.2 Å². The molecule has 0 radical (unpaired) electrons. The molecule has 0 amide bonds. The predicted octanol–water partition coefficient (Wildman–Crippen LogP) is 5.02. The molecule has 29 heavy (non-hydrogen) atoms. The Labute approximate surface area is 178 Å². The molecule has 1 unspecified atom stereocenters. The maximum atomic E-state index is 14.1. The molecule has 3 rings (SSSR count). The molecule has 0 saturated heterocycles. The molecule has 7 heteroatoms. The fourth-order valence-corrected chi connectivity index (χ4v) is 9.82. The summed E-state index contributed by atoms with van der Waals surface area (Å²) in [5.74, 6) is 0. The van der Waals surface area contributed by atoms with E-state index in [1.165, 1.54) is 0 Å². The Bertz CT molecular complexity index is 1010. The van der Waals surface area contributed by atoms with Crippen LogP contribution in [-0.4, -0.2) is 29.1 Å². The molecular weight excluding hydrogens is 414 g/mol. The summed E-state index contributed by atoms with van der Waals surface area (Å²) >= 11 is 0. The van der Waals surface area contributed by atoms with Gasteiger partial charge in [-0.1, -0.05) is 68.2 Å². The molecule has 0 aliphatic carbocycles. The lowest BCUT2D eigenvalue weighted by molar-refractivity contribution is 0.0266. The van der Waals surface area contributed by atoms with Gasteiger partial charge in [0.1, 0.15) is 6.23 Å². The fraction of sp³-hybridized carbons (Fsp3) is 0.455. The first kappa shape index (κ1) is 22.4.